The summed E-state index contributed by atoms with van der Waals surface area (Å²) in [7, 11) is 0. The minimum Gasteiger partial charge on any atom is -0.302 e. The van der Waals surface area contributed by atoms with E-state index in [1.165, 1.54) is 6.20 Å². The highest BCUT2D eigenvalue weighted by molar-refractivity contribution is 5.36. The van der Waals surface area contributed by atoms with Gasteiger partial charge in [0, 0.05) is 18.5 Å². The van der Waals surface area contributed by atoms with E-state index >= 15 is 0 Å². The second kappa shape index (κ2) is 4.09. The molecule has 6 heteroatoms. The van der Waals surface area contributed by atoms with Crippen molar-refractivity contribution in [1.29, 1.82) is 0 Å². The van der Waals surface area contributed by atoms with Crippen molar-refractivity contribution in [2.24, 2.45) is 0 Å². The van der Waals surface area contributed by atoms with E-state index in [2.05, 4.69) is 34.2 Å². The normalized spacial score (nSPS) is 16.6. The van der Waals surface area contributed by atoms with Crippen LogP contribution in [0.25, 0.3) is 5.82 Å². The molecule has 0 saturated carbocycles. The summed E-state index contributed by atoms with van der Waals surface area (Å²) in [5.74, 6) is 0.389. The Hall–Kier alpha value is -1.82. The predicted octanol–water partition coefficient (Wildman–Crippen LogP) is 1.70. The molecule has 2 aromatic rings. The number of halogens is 1. The maximum atomic E-state index is 14.0. The van der Waals surface area contributed by atoms with Gasteiger partial charge in [0.1, 0.15) is 5.82 Å². The van der Waals surface area contributed by atoms with Crippen molar-refractivity contribution in [2.75, 3.05) is 0 Å². The molecule has 2 aromatic heterocycles. The third kappa shape index (κ3) is 1.83. The molecule has 1 aliphatic heterocycles. The van der Waals surface area contributed by atoms with Crippen LogP contribution in [0.3, 0.4) is 0 Å². The molecule has 0 bridgehead atoms. The fourth-order valence-electron chi connectivity index (χ4n) is 2.45. The summed E-state index contributed by atoms with van der Waals surface area (Å²) < 4.78 is 15.6. The summed E-state index contributed by atoms with van der Waals surface area (Å²) >= 11 is 0. The number of hydrogen-bond donors (Lipinski definition) is 1. The Balaban J connectivity index is 2.19. The van der Waals surface area contributed by atoms with Gasteiger partial charge in [0.15, 0.2) is 11.6 Å². The van der Waals surface area contributed by atoms with E-state index in [9.17, 15) is 4.39 Å². The summed E-state index contributed by atoms with van der Waals surface area (Å²) in [6.45, 7) is 6.79. The number of hydrogen-bond acceptors (Lipinski definition) is 4. The van der Waals surface area contributed by atoms with Gasteiger partial charge in [0.05, 0.1) is 23.6 Å². The minimum absolute atomic E-state index is 0.227. The van der Waals surface area contributed by atoms with Gasteiger partial charge < -0.3 is 5.32 Å². The third-order valence-electron chi connectivity index (χ3n) is 3.45. The van der Waals surface area contributed by atoms with Crippen LogP contribution < -0.4 is 5.32 Å². The second-order valence-electron chi connectivity index (χ2n) is 5.22. The molecule has 0 amide bonds. The highest BCUT2D eigenvalue weighted by atomic mass is 19.1. The first-order valence-electron chi connectivity index (χ1n) is 6.37. The molecule has 100 valence electrons. The summed E-state index contributed by atoms with van der Waals surface area (Å²) in [5, 5.41) is 7.66. The summed E-state index contributed by atoms with van der Waals surface area (Å²) in [4.78, 5) is 8.22. The number of aromatic nitrogens is 4. The van der Waals surface area contributed by atoms with Gasteiger partial charge >= 0.3 is 0 Å². The zero-order valence-electron chi connectivity index (χ0n) is 11.2. The van der Waals surface area contributed by atoms with Crippen LogP contribution in [-0.2, 0) is 18.5 Å². The Morgan fingerprint density at radius 1 is 1.42 bits per heavy atom. The van der Waals surface area contributed by atoms with Gasteiger partial charge in [0.25, 0.3) is 0 Å². The standard InChI is InChI=1S/C13H16FN5/c1-4-10-15-7-9(14)12(18-10)19-11-8(6-17-19)5-16-13(11,2)3/h6-7,16H,4-5H2,1-3H3. The van der Waals surface area contributed by atoms with Crippen LogP contribution >= 0.6 is 0 Å². The SMILES string of the molecule is CCc1ncc(F)c(-n2ncc3c2C(C)(C)NC3)n1. The maximum Gasteiger partial charge on any atom is 0.193 e. The average Bonchev–Trinajstić information content (AvgIpc) is 2.93. The highest BCUT2D eigenvalue weighted by Crippen LogP contribution is 2.31. The number of nitrogens with one attached hydrogen (secondary N) is 1. The van der Waals surface area contributed by atoms with Crippen molar-refractivity contribution in [3.8, 4) is 5.82 Å². The van der Waals surface area contributed by atoms with Gasteiger partial charge in [-0.05, 0) is 13.8 Å². The zero-order valence-corrected chi connectivity index (χ0v) is 11.2. The summed E-state index contributed by atoms with van der Waals surface area (Å²) in [6, 6.07) is 0. The van der Waals surface area contributed by atoms with Crippen molar-refractivity contribution >= 4 is 0 Å². The van der Waals surface area contributed by atoms with Crippen LogP contribution in [0, 0.1) is 5.82 Å². The number of rotatable bonds is 2. The van der Waals surface area contributed by atoms with E-state index in [0.717, 1.165) is 17.8 Å². The zero-order chi connectivity index (χ0) is 13.6. The fraction of sp³-hybridized carbons (Fsp3) is 0.462. The first-order valence-corrected chi connectivity index (χ1v) is 6.37. The van der Waals surface area contributed by atoms with Crippen molar-refractivity contribution in [1.82, 2.24) is 25.1 Å². The lowest BCUT2D eigenvalue weighted by atomic mass is 10.0. The third-order valence-corrected chi connectivity index (χ3v) is 3.45. The summed E-state index contributed by atoms with van der Waals surface area (Å²) in [5.41, 5.74) is 1.81. The topological polar surface area (TPSA) is 55.6 Å². The Morgan fingerprint density at radius 3 is 2.95 bits per heavy atom. The van der Waals surface area contributed by atoms with E-state index < -0.39 is 5.82 Å². The fourth-order valence-corrected chi connectivity index (χ4v) is 2.45. The van der Waals surface area contributed by atoms with Crippen LogP contribution in [-0.4, -0.2) is 19.7 Å². The molecule has 3 rings (SSSR count). The Bertz CT molecular complexity index is 632. The van der Waals surface area contributed by atoms with Crippen molar-refractivity contribution in [2.45, 2.75) is 39.3 Å². The molecule has 3 heterocycles. The van der Waals surface area contributed by atoms with E-state index in [4.69, 9.17) is 0 Å². The Morgan fingerprint density at radius 2 is 2.21 bits per heavy atom. The molecule has 1 aliphatic rings. The molecule has 0 atom stereocenters. The lowest BCUT2D eigenvalue weighted by Gasteiger charge is -2.21. The minimum atomic E-state index is -0.453. The molecule has 5 nitrogen and oxygen atoms in total. The van der Waals surface area contributed by atoms with Gasteiger partial charge in [-0.3, -0.25) is 0 Å². The van der Waals surface area contributed by atoms with Gasteiger partial charge in [-0.1, -0.05) is 6.92 Å². The Labute approximate surface area is 110 Å². The van der Waals surface area contributed by atoms with Crippen LogP contribution in [0.1, 0.15) is 37.9 Å². The largest absolute Gasteiger partial charge is 0.302 e. The van der Waals surface area contributed by atoms with Crippen LogP contribution in [0.4, 0.5) is 4.39 Å². The van der Waals surface area contributed by atoms with Gasteiger partial charge in [-0.25, -0.2) is 19.0 Å². The van der Waals surface area contributed by atoms with E-state index in [0.29, 0.717) is 12.2 Å². The molecule has 19 heavy (non-hydrogen) atoms. The molecule has 0 radical (unpaired) electrons. The smallest absolute Gasteiger partial charge is 0.193 e. The van der Waals surface area contributed by atoms with Crippen LogP contribution in [0.5, 0.6) is 0 Å². The van der Waals surface area contributed by atoms with E-state index in [1.807, 2.05) is 6.92 Å². The molecule has 0 fully saturated rings. The first-order chi connectivity index (χ1) is 9.03. The van der Waals surface area contributed by atoms with E-state index in [1.54, 1.807) is 10.9 Å². The molecular formula is C13H16FN5. The predicted molar refractivity (Wildman–Crippen MR) is 68.4 cm³/mol. The van der Waals surface area contributed by atoms with Crippen LogP contribution in [0.15, 0.2) is 12.4 Å². The number of aryl methyl sites for hydroxylation is 1. The van der Waals surface area contributed by atoms with Crippen molar-refractivity contribution in [3.05, 3.63) is 35.3 Å². The quantitative estimate of drug-likeness (QED) is 0.894. The van der Waals surface area contributed by atoms with Crippen molar-refractivity contribution in [3.63, 3.8) is 0 Å². The summed E-state index contributed by atoms with van der Waals surface area (Å²) in [6.07, 6.45) is 3.65. The molecule has 0 spiro atoms. The van der Waals surface area contributed by atoms with E-state index in [-0.39, 0.29) is 11.4 Å². The van der Waals surface area contributed by atoms with Crippen molar-refractivity contribution < 1.29 is 4.39 Å². The Kier molecular flexibility index (Phi) is 2.63. The average molecular weight is 261 g/mol. The molecule has 1 N–H and O–H groups in total. The van der Waals surface area contributed by atoms with Gasteiger partial charge in [0.2, 0.25) is 0 Å². The highest BCUT2D eigenvalue weighted by Gasteiger charge is 2.35. The lowest BCUT2D eigenvalue weighted by Crippen LogP contribution is -2.32. The second-order valence-corrected chi connectivity index (χ2v) is 5.22. The molecular weight excluding hydrogens is 245 g/mol. The molecule has 0 unspecified atom stereocenters. The van der Waals surface area contributed by atoms with Gasteiger partial charge in [-0.2, -0.15) is 5.10 Å². The maximum absolute atomic E-state index is 14.0. The van der Waals surface area contributed by atoms with Crippen LogP contribution in [0.2, 0.25) is 0 Å². The lowest BCUT2D eigenvalue weighted by molar-refractivity contribution is 0.415. The van der Waals surface area contributed by atoms with Gasteiger partial charge in [-0.15, -0.1) is 0 Å². The monoisotopic (exact) mass is 261 g/mol. The molecule has 0 aromatic carbocycles. The first kappa shape index (κ1) is 12.2. The molecule has 0 aliphatic carbocycles. The number of nitrogens with zero attached hydrogens (tertiary/aromatic N) is 4. The molecule has 0 saturated heterocycles. The number of fused-ring (bicyclic) bond motifs is 1.